The van der Waals surface area contributed by atoms with Gasteiger partial charge in [-0.2, -0.15) is 0 Å². The summed E-state index contributed by atoms with van der Waals surface area (Å²) in [5, 5.41) is 7.11. The molecule has 0 spiro atoms. The first-order chi connectivity index (χ1) is 5.34. The molecule has 0 saturated heterocycles. The summed E-state index contributed by atoms with van der Waals surface area (Å²) in [5.74, 6) is 0.190. The molecule has 1 N–H and O–H groups in total. The largest absolute Gasteiger partial charge is 0.447 e. The van der Waals surface area contributed by atoms with Crippen LogP contribution in [0.4, 0.5) is 0 Å². The lowest BCUT2D eigenvalue weighted by Crippen LogP contribution is -1.92. The quantitative estimate of drug-likeness (QED) is 0.614. The molecule has 0 aromatic carbocycles. The van der Waals surface area contributed by atoms with Gasteiger partial charge in [0.2, 0.25) is 5.90 Å². The Labute approximate surface area is 67.4 Å². The van der Waals surface area contributed by atoms with Gasteiger partial charge in [-0.1, -0.05) is 32.6 Å². The standard InChI is InChI=1S/C7H7NO.C2H6/c1-2-3-6-4-5-9-7(6)8;1-2/h2-5,8H,1H2;1-2H3/b6-3-,8-7?;. The van der Waals surface area contributed by atoms with Gasteiger partial charge in [0.1, 0.15) is 0 Å². The molecule has 0 aromatic heterocycles. The van der Waals surface area contributed by atoms with Crippen LogP contribution in [0.3, 0.4) is 0 Å². The summed E-state index contributed by atoms with van der Waals surface area (Å²) in [6.07, 6.45) is 6.57. The van der Waals surface area contributed by atoms with Gasteiger partial charge in [-0.25, -0.2) is 0 Å². The zero-order chi connectivity index (χ0) is 8.69. The third-order valence-electron chi connectivity index (χ3n) is 0.993. The Morgan fingerprint density at radius 2 is 2.18 bits per heavy atom. The van der Waals surface area contributed by atoms with E-state index in [1.807, 2.05) is 13.8 Å². The Morgan fingerprint density at radius 3 is 2.55 bits per heavy atom. The van der Waals surface area contributed by atoms with Crippen LogP contribution in [-0.2, 0) is 4.74 Å². The van der Waals surface area contributed by atoms with E-state index in [2.05, 4.69) is 6.58 Å². The fraction of sp³-hybridized carbons (Fsp3) is 0.222. The van der Waals surface area contributed by atoms with Crippen molar-refractivity contribution in [2.75, 3.05) is 0 Å². The topological polar surface area (TPSA) is 33.1 Å². The van der Waals surface area contributed by atoms with Crippen LogP contribution >= 0.6 is 0 Å². The summed E-state index contributed by atoms with van der Waals surface area (Å²) in [5.41, 5.74) is 0.769. The molecule has 1 aliphatic rings. The molecule has 0 aliphatic carbocycles. The van der Waals surface area contributed by atoms with Crippen molar-refractivity contribution in [1.82, 2.24) is 0 Å². The van der Waals surface area contributed by atoms with Crippen LogP contribution < -0.4 is 0 Å². The molecule has 1 rings (SSSR count). The first-order valence-corrected chi connectivity index (χ1v) is 3.59. The molecular weight excluding hydrogens is 138 g/mol. The smallest absolute Gasteiger partial charge is 0.218 e. The number of rotatable bonds is 1. The number of hydrogen-bond acceptors (Lipinski definition) is 2. The number of nitrogens with one attached hydrogen (secondary N) is 1. The van der Waals surface area contributed by atoms with Gasteiger partial charge in [-0.05, 0) is 6.08 Å². The maximum atomic E-state index is 7.11. The maximum Gasteiger partial charge on any atom is 0.218 e. The molecule has 0 aromatic rings. The Bertz CT molecular complexity index is 202. The van der Waals surface area contributed by atoms with Crippen molar-refractivity contribution in [2.24, 2.45) is 0 Å². The predicted octanol–water partition coefficient (Wildman–Crippen LogP) is 2.65. The van der Waals surface area contributed by atoms with E-state index in [9.17, 15) is 0 Å². The minimum absolute atomic E-state index is 0.190. The van der Waals surface area contributed by atoms with Crippen LogP contribution in [0.25, 0.3) is 0 Å². The molecule has 0 atom stereocenters. The molecule has 0 amide bonds. The Hall–Kier alpha value is -1.31. The van der Waals surface area contributed by atoms with Gasteiger partial charge >= 0.3 is 0 Å². The van der Waals surface area contributed by atoms with Gasteiger partial charge in [-0.15, -0.1) is 0 Å². The molecule has 1 aliphatic heterocycles. The highest BCUT2D eigenvalue weighted by Gasteiger charge is 2.05. The minimum Gasteiger partial charge on any atom is -0.447 e. The molecule has 2 nitrogen and oxygen atoms in total. The van der Waals surface area contributed by atoms with E-state index in [-0.39, 0.29) is 5.90 Å². The third kappa shape index (κ3) is 2.85. The van der Waals surface area contributed by atoms with Crippen LogP contribution in [0, 0.1) is 5.41 Å². The monoisotopic (exact) mass is 151 g/mol. The number of ether oxygens (including phenoxy) is 1. The molecule has 0 bridgehead atoms. The van der Waals surface area contributed by atoms with E-state index in [4.69, 9.17) is 10.1 Å². The number of allylic oxidation sites excluding steroid dienone is 2. The normalized spacial score (nSPS) is 17.3. The fourth-order valence-electron chi connectivity index (χ4n) is 0.577. The zero-order valence-corrected chi connectivity index (χ0v) is 6.92. The van der Waals surface area contributed by atoms with E-state index in [1.165, 1.54) is 6.26 Å². The Kier molecular flexibility index (Phi) is 4.82. The van der Waals surface area contributed by atoms with Crippen molar-refractivity contribution < 1.29 is 4.74 Å². The highest BCUT2D eigenvalue weighted by atomic mass is 16.5. The molecule has 0 saturated carbocycles. The molecule has 1 heterocycles. The van der Waals surface area contributed by atoms with Crippen molar-refractivity contribution in [2.45, 2.75) is 13.8 Å². The second-order valence-corrected chi connectivity index (χ2v) is 1.61. The average molecular weight is 151 g/mol. The van der Waals surface area contributed by atoms with Gasteiger partial charge in [0.25, 0.3) is 0 Å². The van der Waals surface area contributed by atoms with Crippen LogP contribution in [0.15, 0.2) is 36.6 Å². The van der Waals surface area contributed by atoms with Crippen LogP contribution in [-0.4, -0.2) is 5.90 Å². The summed E-state index contributed by atoms with van der Waals surface area (Å²) < 4.78 is 4.70. The molecule has 0 radical (unpaired) electrons. The van der Waals surface area contributed by atoms with Gasteiger partial charge in [0.15, 0.2) is 0 Å². The third-order valence-corrected chi connectivity index (χ3v) is 0.993. The van der Waals surface area contributed by atoms with E-state index < -0.39 is 0 Å². The first-order valence-electron chi connectivity index (χ1n) is 3.59. The van der Waals surface area contributed by atoms with Crippen molar-refractivity contribution in [1.29, 1.82) is 5.41 Å². The zero-order valence-electron chi connectivity index (χ0n) is 6.92. The first kappa shape index (κ1) is 9.69. The second-order valence-electron chi connectivity index (χ2n) is 1.61. The van der Waals surface area contributed by atoms with Crippen LogP contribution in [0.1, 0.15) is 13.8 Å². The average Bonchev–Trinajstić information content (AvgIpc) is 2.42. The summed E-state index contributed by atoms with van der Waals surface area (Å²) in [6, 6.07) is 0. The predicted molar refractivity (Wildman–Crippen MR) is 47.6 cm³/mol. The molecule has 11 heavy (non-hydrogen) atoms. The molecule has 2 heteroatoms. The number of hydrogen-bond donors (Lipinski definition) is 1. The summed E-state index contributed by atoms with van der Waals surface area (Å²) in [6.45, 7) is 7.50. The summed E-state index contributed by atoms with van der Waals surface area (Å²) in [7, 11) is 0. The van der Waals surface area contributed by atoms with Gasteiger partial charge in [0.05, 0.1) is 6.26 Å². The van der Waals surface area contributed by atoms with Gasteiger partial charge in [0, 0.05) is 5.57 Å². The summed E-state index contributed by atoms with van der Waals surface area (Å²) in [4.78, 5) is 0. The Morgan fingerprint density at radius 1 is 1.55 bits per heavy atom. The molecule has 0 fully saturated rings. The summed E-state index contributed by atoms with van der Waals surface area (Å²) >= 11 is 0. The highest BCUT2D eigenvalue weighted by molar-refractivity contribution is 5.96. The highest BCUT2D eigenvalue weighted by Crippen LogP contribution is 2.08. The SMILES string of the molecule is C=C/C=C1/C=COC1=N.CC. The van der Waals surface area contributed by atoms with Crippen molar-refractivity contribution in [3.05, 3.63) is 36.6 Å². The molecular formula is C9H13NO. The van der Waals surface area contributed by atoms with E-state index in [1.54, 1.807) is 18.2 Å². The lowest BCUT2D eigenvalue weighted by Gasteiger charge is -1.90. The fourth-order valence-corrected chi connectivity index (χ4v) is 0.577. The second kappa shape index (κ2) is 5.47. The van der Waals surface area contributed by atoms with E-state index in [0.29, 0.717) is 0 Å². The van der Waals surface area contributed by atoms with Gasteiger partial charge in [-0.3, -0.25) is 5.41 Å². The van der Waals surface area contributed by atoms with Crippen molar-refractivity contribution in [3.63, 3.8) is 0 Å². The minimum atomic E-state index is 0.190. The van der Waals surface area contributed by atoms with Gasteiger partial charge < -0.3 is 4.74 Å². The van der Waals surface area contributed by atoms with Crippen LogP contribution in [0.2, 0.25) is 0 Å². The maximum absolute atomic E-state index is 7.11. The lowest BCUT2D eigenvalue weighted by molar-refractivity contribution is 0.483. The van der Waals surface area contributed by atoms with E-state index >= 15 is 0 Å². The van der Waals surface area contributed by atoms with E-state index in [0.717, 1.165) is 5.57 Å². The van der Waals surface area contributed by atoms with Crippen LogP contribution in [0.5, 0.6) is 0 Å². The van der Waals surface area contributed by atoms with Crippen molar-refractivity contribution >= 4 is 5.90 Å². The lowest BCUT2D eigenvalue weighted by atomic mass is 10.2. The molecule has 60 valence electrons. The Balaban J connectivity index is 0.000000461. The van der Waals surface area contributed by atoms with Crippen molar-refractivity contribution in [3.8, 4) is 0 Å². The molecule has 0 unspecified atom stereocenters.